The lowest BCUT2D eigenvalue weighted by atomic mass is 10.0. The van der Waals surface area contributed by atoms with E-state index in [9.17, 15) is 0 Å². The number of epoxide rings is 1. The first kappa shape index (κ1) is 21.0. The summed E-state index contributed by atoms with van der Waals surface area (Å²) in [5.74, 6) is 0. The molecule has 0 N–H and O–H groups in total. The fourth-order valence-electron chi connectivity index (χ4n) is 3.45. The van der Waals surface area contributed by atoms with Gasteiger partial charge >= 0.3 is 0 Å². The summed E-state index contributed by atoms with van der Waals surface area (Å²) in [6.07, 6.45) is 20.8. The van der Waals surface area contributed by atoms with Crippen LogP contribution in [0.15, 0.2) is 0 Å². The van der Waals surface area contributed by atoms with Gasteiger partial charge in [0.05, 0.1) is 39.9 Å². The van der Waals surface area contributed by atoms with E-state index in [1.54, 1.807) is 0 Å². The summed E-state index contributed by atoms with van der Waals surface area (Å²) >= 11 is 0. The van der Waals surface area contributed by atoms with E-state index < -0.39 is 0 Å². The molecular formula is C21H44NO+. The van der Waals surface area contributed by atoms with Crippen LogP contribution in [-0.4, -0.2) is 44.4 Å². The Morgan fingerprint density at radius 2 is 1.04 bits per heavy atom. The van der Waals surface area contributed by atoms with Crippen LogP contribution in [-0.2, 0) is 4.74 Å². The highest BCUT2D eigenvalue weighted by Gasteiger charge is 2.36. The van der Waals surface area contributed by atoms with Crippen LogP contribution in [0.5, 0.6) is 0 Å². The number of ether oxygens (including phenoxy) is 1. The van der Waals surface area contributed by atoms with E-state index in [1.165, 1.54) is 96.4 Å². The van der Waals surface area contributed by atoms with E-state index in [-0.39, 0.29) is 0 Å². The first-order chi connectivity index (χ1) is 11.0. The summed E-state index contributed by atoms with van der Waals surface area (Å²) in [5.41, 5.74) is 0. The SMILES string of the molecule is CCCCCCCC[C@@H]1O[C@@H]1CCCCCCCC[N+](C)(C)C. The van der Waals surface area contributed by atoms with Crippen molar-refractivity contribution in [3.05, 3.63) is 0 Å². The Morgan fingerprint density at radius 1 is 0.609 bits per heavy atom. The van der Waals surface area contributed by atoms with Crippen molar-refractivity contribution < 1.29 is 9.22 Å². The summed E-state index contributed by atoms with van der Waals surface area (Å²) in [4.78, 5) is 0. The average Bonchev–Trinajstić information content (AvgIpc) is 3.23. The van der Waals surface area contributed by atoms with Crippen LogP contribution in [0.2, 0.25) is 0 Å². The molecule has 0 aromatic carbocycles. The number of hydrogen-bond donors (Lipinski definition) is 0. The minimum Gasteiger partial charge on any atom is -0.370 e. The smallest absolute Gasteiger partial charge is 0.0841 e. The fraction of sp³-hybridized carbons (Fsp3) is 1.00. The van der Waals surface area contributed by atoms with Crippen LogP contribution in [0, 0.1) is 0 Å². The van der Waals surface area contributed by atoms with Gasteiger partial charge in [-0.3, -0.25) is 0 Å². The zero-order chi connectivity index (χ0) is 17.0. The quantitative estimate of drug-likeness (QED) is 0.194. The van der Waals surface area contributed by atoms with Gasteiger partial charge in [-0.05, 0) is 25.7 Å². The number of quaternary nitrogens is 1. The molecule has 138 valence electrons. The molecule has 0 unspecified atom stereocenters. The molecule has 2 nitrogen and oxygen atoms in total. The van der Waals surface area contributed by atoms with Crippen LogP contribution < -0.4 is 0 Å². The summed E-state index contributed by atoms with van der Waals surface area (Å²) in [5, 5.41) is 0. The highest BCUT2D eigenvalue weighted by atomic mass is 16.6. The van der Waals surface area contributed by atoms with Crippen molar-refractivity contribution in [1.82, 2.24) is 0 Å². The second-order valence-corrected chi connectivity index (χ2v) is 8.69. The zero-order valence-electron chi connectivity index (χ0n) is 16.6. The van der Waals surface area contributed by atoms with Crippen molar-refractivity contribution >= 4 is 0 Å². The molecule has 0 spiro atoms. The lowest BCUT2D eigenvalue weighted by molar-refractivity contribution is -0.870. The van der Waals surface area contributed by atoms with Gasteiger partial charge in [0.2, 0.25) is 0 Å². The van der Waals surface area contributed by atoms with Gasteiger partial charge in [-0.15, -0.1) is 0 Å². The van der Waals surface area contributed by atoms with Crippen molar-refractivity contribution in [3.63, 3.8) is 0 Å². The van der Waals surface area contributed by atoms with E-state index in [0.29, 0.717) is 12.2 Å². The number of nitrogens with zero attached hydrogens (tertiary/aromatic N) is 1. The summed E-state index contributed by atoms with van der Waals surface area (Å²) in [6.45, 7) is 3.60. The van der Waals surface area contributed by atoms with E-state index >= 15 is 0 Å². The molecule has 1 aliphatic heterocycles. The molecule has 0 amide bonds. The summed E-state index contributed by atoms with van der Waals surface area (Å²) in [6, 6.07) is 0. The molecule has 1 fully saturated rings. The maximum atomic E-state index is 5.83. The highest BCUT2D eigenvalue weighted by Crippen LogP contribution is 2.31. The first-order valence-corrected chi connectivity index (χ1v) is 10.5. The maximum Gasteiger partial charge on any atom is 0.0841 e. The third-order valence-electron chi connectivity index (χ3n) is 5.10. The Hall–Kier alpha value is -0.0800. The second-order valence-electron chi connectivity index (χ2n) is 8.69. The standard InChI is InChI=1S/C21H44NO/c1-5-6-7-8-11-14-17-20-21(23-20)18-15-12-9-10-13-16-19-22(2,3)4/h20-21H,5-19H2,1-4H3/q+1/t20-,21+/m0/s1. The van der Waals surface area contributed by atoms with Gasteiger partial charge in [0.25, 0.3) is 0 Å². The molecule has 0 bridgehead atoms. The Morgan fingerprint density at radius 3 is 1.52 bits per heavy atom. The Kier molecular flexibility index (Phi) is 11.2. The molecular weight excluding hydrogens is 282 g/mol. The molecule has 0 saturated carbocycles. The van der Waals surface area contributed by atoms with Gasteiger partial charge in [-0.2, -0.15) is 0 Å². The summed E-state index contributed by atoms with van der Waals surface area (Å²) < 4.78 is 6.94. The minimum absolute atomic E-state index is 0.629. The second kappa shape index (κ2) is 12.3. The topological polar surface area (TPSA) is 12.5 Å². The van der Waals surface area contributed by atoms with Crippen molar-refractivity contribution in [2.45, 2.75) is 109 Å². The van der Waals surface area contributed by atoms with Gasteiger partial charge < -0.3 is 9.22 Å². The highest BCUT2D eigenvalue weighted by molar-refractivity contribution is 4.84. The largest absolute Gasteiger partial charge is 0.370 e. The van der Waals surface area contributed by atoms with Gasteiger partial charge in [-0.1, -0.05) is 71.1 Å². The number of hydrogen-bond acceptors (Lipinski definition) is 1. The molecule has 0 radical (unpaired) electrons. The molecule has 1 aliphatic rings. The van der Waals surface area contributed by atoms with Crippen molar-refractivity contribution in [1.29, 1.82) is 0 Å². The van der Waals surface area contributed by atoms with Crippen LogP contribution in [0.25, 0.3) is 0 Å². The molecule has 23 heavy (non-hydrogen) atoms. The lowest BCUT2D eigenvalue weighted by Gasteiger charge is -2.23. The van der Waals surface area contributed by atoms with E-state index in [0.717, 1.165) is 4.48 Å². The lowest BCUT2D eigenvalue weighted by Crippen LogP contribution is -2.35. The molecule has 2 atom stereocenters. The van der Waals surface area contributed by atoms with E-state index in [2.05, 4.69) is 28.1 Å². The van der Waals surface area contributed by atoms with Crippen molar-refractivity contribution in [2.24, 2.45) is 0 Å². The fourth-order valence-corrected chi connectivity index (χ4v) is 3.45. The minimum atomic E-state index is 0.629. The predicted molar refractivity (Wildman–Crippen MR) is 102 cm³/mol. The molecule has 1 saturated heterocycles. The molecule has 0 aromatic rings. The van der Waals surface area contributed by atoms with Gasteiger partial charge in [-0.25, -0.2) is 0 Å². The Balaban J connectivity index is 1.77. The Labute approximate surface area is 146 Å². The Bertz CT molecular complexity index is 272. The monoisotopic (exact) mass is 326 g/mol. The van der Waals surface area contributed by atoms with Gasteiger partial charge in [0.1, 0.15) is 0 Å². The first-order valence-electron chi connectivity index (χ1n) is 10.5. The predicted octanol–water partition coefficient (Wildman–Crippen LogP) is 5.94. The molecule has 0 aromatic heterocycles. The molecule has 1 heterocycles. The normalized spacial score (nSPS) is 20.9. The molecule has 0 aliphatic carbocycles. The maximum absolute atomic E-state index is 5.83. The van der Waals surface area contributed by atoms with Gasteiger partial charge in [0.15, 0.2) is 0 Å². The average molecular weight is 327 g/mol. The number of unbranched alkanes of at least 4 members (excludes halogenated alkanes) is 10. The van der Waals surface area contributed by atoms with Crippen molar-refractivity contribution in [2.75, 3.05) is 27.7 Å². The summed E-state index contributed by atoms with van der Waals surface area (Å²) in [7, 11) is 6.87. The van der Waals surface area contributed by atoms with Crippen LogP contribution in [0.1, 0.15) is 96.8 Å². The zero-order valence-corrected chi connectivity index (χ0v) is 16.6. The van der Waals surface area contributed by atoms with Crippen LogP contribution >= 0.6 is 0 Å². The van der Waals surface area contributed by atoms with Gasteiger partial charge in [0, 0.05) is 0 Å². The van der Waals surface area contributed by atoms with E-state index in [1.807, 2.05) is 0 Å². The number of rotatable bonds is 16. The third kappa shape index (κ3) is 12.9. The molecule has 2 heteroatoms. The van der Waals surface area contributed by atoms with Crippen molar-refractivity contribution in [3.8, 4) is 0 Å². The third-order valence-corrected chi connectivity index (χ3v) is 5.10. The molecule has 1 rings (SSSR count). The van der Waals surface area contributed by atoms with E-state index in [4.69, 9.17) is 4.74 Å². The van der Waals surface area contributed by atoms with Crippen LogP contribution in [0.3, 0.4) is 0 Å². The van der Waals surface area contributed by atoms with Crippen LogP contribution in [0.4, 0.5) is 0 Å².